The molecular weight excluding hydrogens is 396 g/mol. The first-order chi connectivity index (χ1) is 14.5. The summed E-state index contributed by atoms with van der Waals surface area (Å²) in [5.41, 5.74) is 2.63. The van der Waals surface area contributed by atoms with Crippen LogP contribution in [-0.2, 0) is 0 Å². The molecule has 0 amide bonds. The zero-order valence-electron chi connectivity index (χ0n) is 17.5. The highest BCUT2D eigenvalue weighted by atomic mass is 32.2. The number of ether oxygens (including phenoxy) is 2. The van der Waals surface area contributed by atoms with Gasteiger partial charge in [-0.2, -0.15) is 5.26 Å². The van der Waals surface area contributed by atoms with Gasteiger partial charge in [-0.25, -0.2) is 9.97 Å². The van der Waals surface area contributed by atoms with Crippen LogP contribution in [0.1, 0.15) is 19.4 Å². The lowest BCUT2D eigenvalue weighted by Crippen LogP contribution is -2.04. The van der Waals surface area contributed by atoms with Crippen LogP contribution in [0, 0.1) is 17.2 Å². The maximum atomic E-state index is 9.91. The Kier molecular flexibility index (Phi) is 7.15. The van der Waals surface area contributed by atoms with Crippen molar-refractivity contribution >= 4 is 23.3 Å². The minimum Gasteiger partial charge on any atom is -0.497 e. The number of hydrogen-bond acceptors (Lipinski definition) is 7. The largest absolute Gasteiger partial charge is 0.497 e. The Hall–Kier alpha value is -3.24. The summed E-state index contributed by atoms with van der Waals surface area (Å²) in [6, 6.07) is 17.3. The van der Waals surface area contributed by atoms with E-state index in [-0.39, 0.29) is 0 Å². The van der Waals surface area contributed by atoms with E-state index in [2.05, 4.69) is 30.2 Å². The van der Waals surface area contributed by atoms with Crippen molar-refractivity contribution in [3.63, 3.8) is 0 Å². The van der Waals surface area contributed by atoms with Gasteiger partial charge in [-0.1, -0.05) is 25.6 Å². The number of nitrogens with one attached hydrogen (secondary N) is 1. The number of aromatic nitrogens is 2. The van der Waals surface area contributed by atoms with Gasteiger partial charge < -0.3 is 14.8 Å². The summed E-state index contributed by atoms with van der Waals surface area (Å²) in [5.74, 6) is 3.37. The third-order valence-corrected chi connectivity index (χ3v) is 5.54. The van der Waals surface area contributed by atoms with Crippen LogP contribution in [0.2, 0.25) is 0 Å². The molecule has 1 N–H and O–H groups in total. The second-order valence-corrected chi connectivity index (χ2v) is 7.96. The molecular formula is C23H24N4O2S. The first-order valence-electron chi connectivity index (χ1n) is 9.54. The molecule has 30 heavy (non-hydrogen) atoms. The molecule has 0 atom stereocenters. The van der Waals surface area contributed by atoms with E-state index in [1.807, 2.05) is 48.5 Å². The van der Waals surface area contributed by atoms with E-state index in [4.69, 9.17) is 14.5 Å². The molecule has 154 valence electrons. The van der Waals surface area contributed by atoms with Crippen LogP contribution >= 0.6 is 11.8 Å². The highest BCUT2D eigenvalue weighted by Crippen LogP contribution is 2.32. The van der Waals surface area contributed by atoms with Crippen LogP contribution in [0.3, 0.4) is 0 Å². The minimum atomic E-state index is 0.393. The second kappa shape index (κ2) is 9.99. The summed E-state index contributed by atoms with van der Waals surface area (Å²) >= 11 is 1.58. The van der Waals surface area contributed by atoms with Gasteiger partial charge in [-0.15, -0.1) is 0 Å². The Morgan fingerprint density at radius 1 is 0.967 bits per heavy atom. The summed E-state index contributed by atoms with van der Waals surface area (Å²) in [7, 11) is 3.25. The molecule has 0 saturated heterocycles. The van der Waals surface area contributed by atoms with E-state index in [0.717, 1.165) is 28.5 Å². The topological polar surface area (TPSA) is 80.1 Å². The second-order valence-electron chi connectivity index (χ2n) is 6.98. The van der Waals surface area contributed by atoms with Gasteiger partial charge in [0.15, 0.2) is 11.0 Å². The van der Waals surface area contributed by atoms with Crippen molar-refractivity contribution in [1.82, 2.24) is 9.97 Å². The minimum absolute atomic E-state index is 0.393. The molecule has 0 aliphatic heterocycles. The van der Waals surface area contributed by atoms with Crippen molar-refractivity contribution in [1.29, 1.82) is 5.26 Å². The van der Waals surface area contributed by atoms with Gasteiger partial charge in [0, 0.05) is 17.0 Å². The van der Waals surface area contributed by atoms with Crippen molar-refractivity contribution in [2.75, 3.05) is 25.3 Å². The standard InChI is InChI=1S/C23H24N4O2S/c1-15(2)14-30-23-26-21(16-5-9-18(28-3)10-6-16)20(13-24)22(27-23)25-17-7-11-19(29-4)12-8-17/h5-12,15H,14H2,1-4H3,(H,25,26,27). The summed E-state index contributed by atoms with van der Waals surface area (Å²) < 4.78 is 10.5. The summed E-state index contributed by atoms with van der Waals surface area (Å²) in [6.45, 7) is 4.30. The Bertz CT molecular complexity index is 1030. The SMILES string of the molecule is COc1ccc(Nc2nc(SCC(C)C)nc(-c3ccc(OC)cc3)c2C#N)cc1. The molecule has 0 saturated carbocycles. The lowest BCUT2D eigenvalue weighted by molar-refractivity contribution is 0.415. The normalized spacial score (nSPS) is 10.5. The van der Waals surface area contributed by atoms with E-state index < -0.39 is 0 Å². The average Bonchev–Trinajstić information content (AvgIpc) is 2.78. The van der Waals surface area contributed by atoms with Crippen LogP contribution < -0.4 is 14.8 Å². The molecule has 0 bridgehead atoms. The maximum absolute atomic E-state index is 9.91. The fourth-order valence-electron chi connectivity index (χ4n) is 2.71. The summed E-state index contributed by atoms with van der Waals surface area (Å²) in [4.78, 5) is 9.33. The van der Waals surface area contributed by atoms with Crippen molar-refractivity contribution in [3.8, 4) is 28.8 Å². The van der Waals surface area contributed by atoms with Gasteiger partial charge in [0.1, 0.15) is 23.1 Å². The molecule has 1 heterocycles. The predicted octanol–water partition coefficient (Wildman–Crippen LogP) is 5.52. The molecule has 0 aliphatic rings. The van der Waals surface area contributed by atoms with E-state index in [1.54, 1.807) is 26.0 Å². The number of benzene rings is 2. The maximum Gasteiger partial charge on any atom is 0.190 e. The highest BCUT2D eigenvalue weighted by Gasteiger charge is 2.17. The van der Waals surface area contributed by atoms with Crippen molar-refractivity contribution in [2.45, 2.75) is 19.0 Å². The summed E-state index contributed by atoms with van der Waals surface area (Å²) in [6.07, 6.45) is 0. The van der Waals surface area contributed by atoms with Crippen LogP contribution in [0.4, 0.5) is 11.5 Å². The zero-order valence-corrected chi connectivity index (χ0v) is 18.3. The number of hydrogen-bond donors (Lipinski definition) is 1. The van der Waals surface area contributed by atoms with Crippen molar-refractivity contribution < 1.29 is 9.47 Å². The van der Waals surface area contributed by atoms with Gasteiger partial charge in [-0.05, 0) is 54.4 Å². The Balaban J connectivity index is 2.05. The van der Waals surface area contributed by atoms with Crippen LogP contribution in [0.25, 0.3) is 11.3 Å². The van der Waals surface area contributed by atoms with Crippen molar-refractivity contribution in [2.24, 2.45) is 5.92 Å². The van der Waals surface area contributed by atoms with Gasteiger partial charge >= 0.3 is 0 Å². The van der Waals surface area contributed by atoms with Crippen LogP contribution in [0.5, 0.6) is 11.5 Å². The van der Waals surface area contributed by atoms with E-state index >= 15 is 0 Å². The third-order valence-electron chi connectivity index (χ3n) is 4.26. The molecule has 3 rings (SSSR count). The molecule has 0 aliphatic carbocycles. The van der Waals surface area contributed by atoms with Gasteiger partial charge in [0.05, 0.1) is 19.9 Å². The predicted molar refractivity (Wildman–Crippen MR) is 121 cm³/mol. The average molecular weight is 421 g/mol. The highest BCUT2D eigenvalue weighted by molar-refractivity contribution is 7.99. The van der Waals surface area contributed by atoms with Crippen molar-refractivity contribution in [3.05, 3.63) is 54.1 Å². The van der Waals surface area contributed by atoms with Crippen LogP contribution in [-0.4, -0.2) is 29.9 Å². The fraction of sp³-hybridized carbons (Fsp3) is 0.261. The molecule has 1 aromatic heterocycles. The lowest BCUT2D eigenvalue weighted by atomic mass is 10.1. The Labute approximate surface area is 181 Å². The number of rotatable bonds is 8. The van der Waals surface area contributed by atoms with E-state index in [0.29, 0.717) is 28.1 Å². The van der Waals surface area contributed by atoms with Gasteiger partial charge in [0.25, 0.3) is 0 Å². The van der Waals surface area contributed by atoms with E-state index in [1.165, 1.54) is 0 Å². The van der Waals surface area contributed by atoms with Gasteiger partial charge in [0.2, 0.25) is 0 Å². The number of thioether (sulfide) groups is 1. The lowest BCUT2D eigenvalue weighted by Gasteiger charge is -2.14. The monoisotopic (exact) mass is 420 g/mol. The van der Waals surface area contributed by atoms with Gasteiger partial charge in [-0.3, -0.25) is 0 Å². The fourth-order valence-corrected chi connectivity index (χ4v) is 3.51. The molecule has 7 heteroatoms. The van der Waals surface area contributed by atoms with Crippen LogP contribution in [0.15, 0.2) is 53.7 Å². The third kappa shape index (κ3) is 5.22. The molecule has 0 fully saturated rings. The molecule has 0 radical (unpaired) electrons. The smallest absolute Gasteiger partial charge is 0.190 e. The molecule has 6 nitrogen and oxygen atoms in total. The number of methoxy groups -OCH3 is 2. The number of nitrogens with zero attached hydrogens (tertiary/aromatic N) is 3. The number of anilines is 2. The quantitative estimate of drug-likeness (QED) is 0.379. The first kappa shape index (κ1) is 21.5. The van der Waals surface area contributed by atoms with E-state index in [9.17, 15) is 5.26 Å². The Morgan fingerprint density at radius 3 is 2.10 bits per heavy atom. The first-order valence-corrected chi connectivity index (χ1v) is 10.5. The molecule has 0 spiro atoms. The molecule has 2 aromatic carbocycles. The molecule has 0 unspecified atom stereocenters. The Morgan fingerprint density at radius 2 is 1.57 bits per heavy atom. The zero-order chi connectivity index (χ0) is 21.5. The summed E-state index contributed by atoms with van der Waals surface area (Å²) in [5, 5.41) is 13.8. The number of nitriles is 1. The molecule has 3 aromatic rings.